The lowest BCUT2D eigenvalue weighted by Crippen LogP contribution is -2.53. The quantitative estimate of drug-likeness (QED) is 0.0315. The van der Waals surface area contributed by atoms with E-state index in [4.69, 9.17) is 0 Å². The van der Waals surface area contributed by atoms with E-state index in [-0.39, 0.29) is 0 Å². The number of unbranched alkanes of at least 4 members (excludes halogenated alkanes) is 32. The van der Waals surface area contributed by atoms with Crippen LogP contribution in [0.5, 0.6) is 0 Å². The number of aliphatic hydroxyl groups is 4. The molecule has 5 N–H and O–H groups in total. The van der Waals surface area contributed by atoms with Gasteiger partial charge in [0.05, 0.1) is 18.8 Å². The van der Waals surface area contributed by atoms with Crippen LogP contribution in [0.25, 0.3) is 0 Å². The van der Waals surface area contributed by atoms with Crippen molar-refractivity contribution in [3.05, 3.63) is 12.2 Å². The lowest BCUT2D eigenvalue weighted by Gasteiger charge is -2.27. The molecule has 0 aliphatic carbocycles. The predicted octanol–water partition coefficient (Wildman–Crippen LogP) is 12.6. The summed E-state index contributed by atoms with van der Waals surface area (Å²) in [6.45, 7) is 4.05. The van der Waals surface area contributed by atoms with Gasteiger partial charge in [-0.1, -0.05) is 225 Å². The van der Waals surface area contributed by atoms with Gasteiger partial charge >= 0.3 is 0 Å². The SMILES string of the molecule is CCCCCCCCCCCC/C=C/CCCC(O)C(O)C(CO)NC(=O)C(O)CCCCCCCCCCCCCCCCCCCCCCCC. The molecule has 0 saturated heterocycles. The molecule has 316 valence electrons. The van der Waals surface area contributed by atoms with E-state index in [1.165, 1.54) is 186 Å². The molecule has 0 radical (unpaired) electrons. The number of hydrogen-bond acceptors (Lipinski definition) is 5. The lowest BCUT2D eigenvalue weighted by molar-refractivity contribution is -0.132. The van der Waals surface area contributed by atoms with E-state index >= 15 is 0 Å². The van der Waals surface area contributed by atoms with Crippen LogP contribution < -0.4 is 5.32 Å². The molecule has 0 rings (SSSR count). The Labute approximate surface area is 330 Å². The first-order chi connectivity index (χ1) is 26.0. The summed E-state index contributed by atoms with van der Waals surface area (Å²) in [7, 11) is 0. The predicted molar refractivity (Wildman–Crippen MR) is 228 cm³/mol. The topological polar surface area (TPSA) is 110 Å². The van der Waals surface area contributed by atoms with Gasteiger partial charge < -0.3 is 25.7 Å². The van der Waals surface area contributed by atoms with Gasteiger partial charge in [0.15, 0.2) is 0 Å². The summed E-state index contributed by atoms with van der Waals surface area (Å²) in [6, 6.07) is -0.997. The van der Waals surface area contributed by atoms with Gasteiger partial charge in [-0.25, -0.2) is 0 Å². The first-order valence-electron chi connectivity index (χ1n) is 23.6. The molecular formula is C47H93NO5. The van der Waals surface area contributed by atoms with Crippen LogP contribution in [-0.4, -0.2) is 57.3 Å². The van der Waals surface area contributed by atoms with Gasteiger partial charge in [0, 0.05) is 0 Å². The van der Waals surface area contributed by atoms with E-state index in [2.05, 4.69) is 31.3 Å². The fraction of sp³-hybridized carbons (Fsp3) is 0.936. The summed E-state index contributed by atoms with van der Waals surface area (Å²) in [6.07, 6.45) is 46.8. The average molecular weight is 752 g/mol. The van der Waals surface area contributed by atoms with Crippen molar-refractivity contribution in [3.63, 3.8) is 0 Å². The Morgan fingerprint density at radius 3 is 1.13 bits per heavy atom. The van der Waals surface area contributed by atoms with Crippen LogP contribution in [0.4, 0.5) is 0 Å². The van der Waals surface area contributed by atoms with Crippen LogP contribution in [0.3, 0.4) is 0 Å². The van der Waals surface area contributed by atoms with Gasteiger partial charge in [-0.3, -0.25) is 4.79 Å². The van der Waals surface area contributed by atoms with E-state index < -0.39 is 36.9 Å². The number of carbonyl (C=O) groups is 1. The lowest BCUT2D eigenvalue weighted by atomic mass is 10.00. The van der Waals surface area contributed by atoms with E-state index in [0.717, 1.165) is 38.5 Å². The van der Waals surface area contributed by atoms with Crippen molar-refractivity contribution in [2.45, 2.75) is 276 Å². The molecule has 6 nitrogen and oxygen atoms in total. The van der Waals surface area contributed by atoms with Gasteiger partial charge in [-0.15, -0.1) is 0 Å². The third-order valence-electron chi connectivity index (χ3n) is 11.2. The highest BCUT2D eigenvalue weighted by Crippen LogP contribution is 2.17. The third-order valence-corrected chi connectivity index (χ3v) is 11.2. The Morgan fingerprint density at radius 1 is 0.453 bits per heavy atom. The van der Waals surface area contributed by atoms with E-state index in [1.54, 1.807) is 0 Å². The Morgan fingerprint density at radius 2 is 0.774 bits per heavy atom. The van der Waals surface area contributed by atoms with Crippen LogP contribution in [0.1, 0.15) is 251 Å². The highest BCUT2D eigenvalue weighted by Gasteiger charge is 2.28. The Balaban J connectivity index is 3.69. The van der Waals surface area contributed by atoms with Crippen LogP contribution in [0.2, 0.25) is 0 Å². The van der Waals surface area contributed by atoms with Crippen molar-refractivity contribution in [2.75, 3.05) is 6.61 Å². The molecule has 0 aromatic carbocycles. The van der Waals surface area contributed by atoms with E-state index in [9.17, 15) is 25.2 Å². The van der Waals surface area contributed by atoms with Crippen molar-refractivity contribution in [2.24, 2.45) is 0 Å². The molecule has 0 heterocycles. The average Bonchev–Trinajstić information content (AvgIpc) is 3.16. The smallest absolute Gasteiger partial charge is 0.249 e. The molecule has 0 aliphatic heterocycles. The fourth-order valence-corrected chi connectivity index (χ4v) is 7.46. The number of nitrogens with one attached hydrogen (secondary N) is 1. The van der Waals surface area contributed by atoms with E-state index in [1.807, 2.05) is 0 Å². The molecule has 53 heavy (non-hydrogen) atoms. The van der Waals surface area contributed by atoms with Crippen LogP contribution in [-0.2, 0) is 4.79 Å². The maximum absolute atomic E-state index is 12.5. The summed E-state index contributed by atoms with van der Waals surface area (Å²) in [5.41, 5.74) is 0. The summed E-state index contributed by atoms with van der Waals surface area (Å²) in [4.78, 5) is 12.5. The molecule has 0 spiro atoms. The summed E-state index contributed by atoms with van der Waals surface area (Å²) >= 11 is 0. The molecule has 4 atom stereocenters. The van der Waals surface area contributed by atoms with Crippen LogP contribution in [0, 0.1) is 0 Å². The minimum Gasteiger partial charge on any atom is -0.394 e. The van der Waals surface area contributed by atoms with Crippen molar-refractivity contribution in [1.82, 2.24) is 5.32 Å². The molecule has 6 heteroatoms. The number of rotatable bonds is 43. The number of allylic oxidation sites excluding steroid dienone is 2. The minimum atomic E-state index is -1.28. The molecule has 0 aromatic heterocycles. The molecule has 0 aromatic rings. The Kier molecular flexibility index (Phi) is 41.4. The molecule has 0 fully saturated rings. The van der Waals surface area contributed by atoms with Crippen LogP contribution >= 0.6 is 0 Å². The molecular weight excluding hydrogens is 659 g/mol. The van der Waals surface area contributed by atoms with Crippen molar-refractivity contribution in [3.8, 4) is 0 Å². The molecule has 0 saturated carbocycles. The first-order valence-corrected chi connectivity index (χ1v) is 23.6. The van der Waals surface area contributed by atoms with Crippen LogP contribution in [0.15, 0.2) is 12.2 Å². The second kappa shape index (κ2) is 42.2. The number of aliphatic hydroxyl groups excluding tert-OH is 4. The summed E-state index contributed by atoms with van der Waals surface area (Å²) in [5, 5.41) is 43.7. The summed E-state index contributed by atoms with van der Waals surface area (Å²) < 4.78 is 0. The first kappa shape index (κ1) is 52.0. The van der Waals surface area contributed by atoms with Gasteiger partial charge in [0.1, 0.15) is 12.2 Å². The second-order valence-electron chi connectivity index (χ2n) is 16.5. The largest absolute Gasteiger partial charge is 0.394 e. The van der Waals surface area contributed by atoms with Gasteiger partial charge in [-0.2, -0.15) is 0 Å². The van der Waals surface area contributed by atoms with E-state index in [0.29, 0.717) is 12.8 Å². The van der Waals surface area contributed by atoms with Gasteiger partial charge in [0.2, 0.25) is 5.91 Å². The van der Waals surface area contributed by atoms with Gasteiger partial charge in [0.25, 0.3) is 0 Å². The second-order valence-corrected chi connectivity index (χ2v) is 16.5. The molecule has 4 unspecified atom stereocenters. The molecule has 0 bridgehead atoms. The van der Waals surface area contributed by atoms with Crippen molar-refractivity contribution >= 4 is 5.91 Å². The Hall–Kier alpha value is -0.950. The zero-order chi connectivity index (χ0) is 38.9. The maximum atomic E-state index is 12.5. The number of carbonyl (C=O) groups excluding carboxylic acids is 1. The number of hydrogen-bond donors (Lipinski definition) is 5. The monoisotopic (exact) mass is 752 g/mol. The number of amides is 1. The van der Waals surface area contributed by atoms with Crippen molar-refractivity contribution in [1.29, 1.82) is 0 Å². The standard InChI is InChI=1S/C47H93NO5/c1-3-5-7-9-11-13-15-17-19-20-21-22-23-24-25-27-29-31-33-35-37-39-41-45(51)47(53)48-43(42-49)46(52)44(50)40-38-36-34-32-30-28-26-18-16-14-12-10-8-6-4-2/h32,34,43-46,49-52H,3-31,33,35-42H2,1-2H3,(H,48,53)/b34-32+. The third kappa shape index (κ3) is 36.4. The minimum absolute atomic E-state index is 0.368. The fourth-order valence-electron chi connectivity index (χ4n) is 7.46. The normalized spacial score (nSPS) is 14.2. The zero-order valence-corrected chi connectivity index (χ0v) is 35.5. The molecule has 0 aliphatic rings. The maximum Gasteiger partial charge on any atom is 0.249 e. The Bertz CT molecular complexity index is 761. The highest BCUT2D eigenvalue weighted by molar-refractivity contribution is 5.80. The highest BCUT2D eigenvalue weighted by atomic mass is 16.3. The molecule has 1 amide bonds. The van der Waals surface area contributed by atoms with Gasteiger partial charge in [-0.05, 0) is 38.5 Å². The zero-order valence-electron chi connectivity index (χ0n) is 35.5. The summed E-state index contributed by atoms with van der Waals surface area (Å²) in [5.74, 6) is -0.589. The van der Waals surface area contributed by atoms with Crippen molar-refractivity contribution < 1.29 is 25.2 Å².